The Kier molecular flexibility index (Phi) is 3.62. The van der Waals surface area contributed by atoms with Crippen LogP contribution in [-0.2, 0) is 16.9 Å². The number of aromatic nitrogens is 1. The van der Waals surface area contributed by atoms with Crippen LogP contribution in [0.25, 0.3) is 0 Å². The van der Waals surface area contributed by atoms with Crippen LogP contribution in [0.3, 0.4) is 0 Å². The molecule has 0 atom stereocenters. The molecule has 0 amide bonds. The molecule has 0 bridgehead atoms. The fraction of sp³-hybridized carbons (Fsp3) is 0.750. The minimum atomic E-state index is -0.134. The van der Waals surface area contributed by atoms with Gasteiger partial charge in [0.1, 0.15) is 10.6 Å². The van der Waals surface area contributed by atoms with Gasteiger partial charge in [0, 0.05) is 24.7 Å². The summed E-state index contributed by atoms with van der Waals surface area (Å²) < 4.78 is 5.78. The topological polar surface area (TPSA) is 48.1 Å². The molecule has 16 heavy (non-hydrogen) atoms. The van der Waals surface area contributed by atoms with Crippen molar-refractivity contribution < 1.29 is 4.74 Å². The first kappa shape index (κ1) is 12.0. The summed E-state index contributed by atoms with van der Waals surface area (Å²) in [5.74, 6) is 0.817. The summed E-state index contributed by atoms with van der Waals surface area (Å²) >= 11 is 1.70. The van der Waals surface area contributed by atoms with E-state index in [9.17, 15) is 0 Å². The van der Waals surface area contributed by atoms with Gasteiger partial charge in [0.2, 0.25) is 0 Å². The van der Waals surface area contributed by atoms with Gasteiger partial charge >= 0.3 is 0 Å². The van der Waals surface area contributed by atoms with Crippen molar-refractivity contribution in [2.75, 3.05) is 7.11 Å². The van der Waals surface area contributed by atoms with E-state index in [1.807, 2.05) is 6.20 Å². The summed E-state index contributed by atoms with van der Waals surface area (Å²) in [7, 11) is 1.81. The number of rotatable bonds is 3. The van der Waals surface area contributed by atoms with Crippen LogP contribution < -0.4 is 5.73 Å². The Morgan fingerprint density at radius 3 is 2.75 bits per heavy atom. The number of ether oxygens (including phenoxy) is 1. The van der Waals surface area contributed by atoms with Crippen LogP contribution in [0.4, 0.5) is 0 Å². The van der Waals surface area contributed by atoms with Crippen LogP contribution in [0, 0.1) is 5.92 Å². The van der Waals surface area contributed by atoms with E-state index in [0.717, 1.165) is 28.6 Å². The summed E-state index contributed by atoms with van der Waals surface area (Å²) in [6.45, 7) is 2.89. The number of nitrogens with zero attached hydrogens (tertiary/aromatic N) is 1. The number of methoxy groups -OCH3 is 1. The highest BCUT2D eigenvalue weighted by Crippen LogP contribution is 2.43. The zero-order valence-electron chi connectivity index (χ0n) is 10.0. The third kappa shape index (κ3) is 2.14. The van der Waals surface area contributed by atoms with E-state index in [-0.39, 0.29) is 5.60 Å². The molecule has 0 aliphatic heterocycles. The largest absolute Gasteiger partial charge is 0.371 e. The van der Waals surface area contributed by atoms with E-state index in [2.05, 4.69) is 11.9 Å². The van der Waals surface area contributed by atoms with Crippen molar-refractivity contribution in [3.05, 3.63) is 16.1 Å². The first-order valence-corrected chi connectivity index (χ1v) is 6.72. The number of hydrogen-bond acceptors (Lipinski definition) is 4. The molecule has 90 valence electrons. The van der Waals surface area contributed by atoms with Crippen LogP contribution in [0.5, 0.6) is 0 Å². The average Bonchev–Trinajstić information content (AvgIpc) is 2.80. The molecule has 1 aliphatic rings. The second-order valence-electron chi connectivity index (χ2n) is 4.72. The molecule has 3 nitrogen and oxygen atoms in total. The van der Waals surface area contributed by atoms with E-state index in [1.165, 1.54) is 12.8 Å². The van der Waals surface area contributed by atoms with Gasteiger partial charge in [-0.05, 0) is 31.6 Å². The molecule has 2 rings (SSSR count). The molecular formula is C12H20N2OS. The van der Waals surface area contributed by atoms with Crippen molar-refractivity contribution in [1.29, 1.82) is 0 Å². The average molecular weight is 240 g/mol. The van der Waals surface area contributed by atoms with Crippen LogP contribution in [-0.4, -0.2) is 12.1 Å². The monoisotopic (exact) mass is 240 g/mol. The molecule has 1 aromatic heterocycles. The van der Waals surface area contributed by atoms with Gasteiger partial charge < -0.3 is 10.5 Å². The minimum absolute atomic E-state index is 0.134. The Morgan fingerprint density at radius 2 is 2.25 bits per heavy atom. The third-order valence-electron chi connectivity index (χ3n) is 3.62. The van der Waals surface area contributed by atoms with Gasteiger partial charge in [-0.25, -0.2) is 4.98 Å². The molecule has 1 aromatic rings. The predicted molar refractivity (Wildman–Crippen MR) is 66.3 cm³/mol. The van der Waals surface area contributed by atoms with Crippen LogP contribution >= 0.6 is 11.3 Å². The van der Waals surface area contributed by atoms with Gasteiger partial charge in [0.05, 0.1) is 0 Å². The maximum absolute atomic E-state index is 5.78. The third-order valence-corrected chi connectivity index (χ3v) is 4.82. The summed E-state index contributed by atoms with van der Waals surface area (Å²) in [6.07, 6.45) is 6.51. The highest BCUT2D eigenvalue weighted by Gasteiger charge is 2.38. The van der Waals surface area contributed by atoms with Crippen LogP contribution in [0.1, 0.15) is 42.5 Å². The zero-order chi connectivity index (χ0) is 11.6. The Morgan fingerprint density at radius 1 is 1.56 bits per heavy atom. The van der Waals surface area contributed by atoms with Crippen molar-refractivity contribution in [1.82, 2.24) is 4.98 Å². The molecule has 1 aliphatic carbocycles. The fourth-order valence-corrected chi connectivity index (χ4v) is 3.36. The maximum Gasteiger partial charge on any atom is 0.125 e. The van der Waals surface area contributed by atoms with E-state index in [1.54, 1.807) is 18.4 Å². The lowest BCUT2D eigenvalue weighted by Gasteiger charge is -2.36. The Hall–Kier alpha value is -0.450. The second-order valence-corrected chi connectivity index (χ2v) is 5.83. The number of hydrogen-bond donors (Lipinski definition) is 1. The van der Waals surface area contributed by atoms with Gasteiger partial charge in [0.15, 0.2) is 0 Å². The van der Waals surface area contributed by atoms with Gasteiger partial charge in [-0.3, -0.25) is 0 Å². The van der Waals surface area contributed by atoms with E-state index in [0.29, 0.717) is 6.54 Å². The normalized spacial score (nSPS) is 30.6. The van der Waals surface area contributed by atoms with Crippen molar-refractivity contribution in [2.45, 2.75) is 44.8 Å². The molecule has 4 heteroatoms. The Balaban J connectivity index is 2.20. The van der Waals surface area contributed by atoms with Gasteiger partial charge in [-0.15, -0.1) is 11.3 Å². The molecule has 0 spiro atoms. The first-order valence-electron chi connectivity index (χ1n) is 5.90. The fourth-order valence-electron chi connectivity index (χ4n) is 2.35. The molecule has 0 unspecified atom stereocenters. The molecule has 2 N–H and O–H groups in total. The van der Waals surface area contributed by atoms with Crippen LogP contribution in [0.2, 0.25) is 0 Å². The van der Waals surface area contributed by atoms with Gasteiger partial charge in [-0.2, -0.15) is 0 Å². The van der Waals surface area contributed by atoms with E-state index >= 15 is 0 Å². The highest BCUT2D eigenvalue weighted by molar-refractivity contribution is 7.11. The minimum Gasteiger partial charge on any atom is -0.371 e. The van der Waals surface area contributed by atoms with Crippen molar-refractivity contribution in [3.63, 3.8) is 0 Å². The first-order chi connectivity index (χ1) is 7.70. The summed E-state index contributed by atoms with van der Waals surface area (Å²) in [5, 5.41) is 1.11. The standard InChI is InChI=1S/C12H20N2OS/c1-9-3-5-12(15-2,6-4-9)11-14-8-10(7-13)16-11/h8-9H,3-7,13H2,1-2H3. The Labute approximate surface area is 101 Å². The number of thiazole rings is 1. The molecule has 0 saturated heterocycles. The zero-order valence-corrected chi connectivity index (χ0v) is 10.8. The van der Waals surface area contributed by atoms with Crippen molar-refractivity contribution in [2.24, 2.45) is 11.7 Å². The van der Waals surface area contributed by atoms with E-state index in [4.69, 9.17) is 10.5 Å². The quantitative estimate of drug-likeness (QED) is 0.883. The summed E-state index contributed by atoms with van der Waals surface area (Å²) in [4.78, 5) is 5.64. The van der Waals surface area contributed by atoms with E-state index < -0.39 is 0 Å². The van der Waals surface area contributed by atoms with Crippen molar-refractivity contribution in [3.8, 4) is 0 Å². The smallest absolute Gasteiger partial charge is 0.125 e. The highest BCUT2D eigenvalue weighted by atomic mass is 32.1. The molecule has 0 aromatic carbocycles. The number of nitrogens with two attached hydrogens (primary N) is 1. The van der Waals surface area contributed by atoms with Crippen molar-refractivity contribution >= 4 is 11.3 Å². The lowest BCUT2D eigenvalue weighted by molar-refractivity contribution is -0.0531. The Bertz CT molecular complexity index is 343. The van der Waals surface area contributed by atoms with Crippen LogP contribution in [0.15, 0.2) is 6.20 Å². The lowest BCUT2D eigenvalue weighted by Crippen LogP contribution is -2.33. The molecule has 0 radical (unpaired) electrons. The predicted octanol–water partition coefficient (Wildman–Crippen LogP) is 2.65. The summed E-state index contributed by atoms with van der Waals surface area (Å²) in [6, 6.07) is 0. The summed E-state index contributed by atoms with van der Waals surface area (Å²) in [5.41, 5.74) is 5.49. The maximum atomic E-state index is 5.78. The lowest BCUT2D eigenvalue weighted by atomic mass is 9.80. The SMILES string of the molecule is COC1(c2ncc(CN)s2)CCC(C)CC1. The second kappa shape index (κ2) is 4.82. The van der Waals surface area contributed by atoms with Gasteiger partial charge in [0.25, 0.3) is 0 Å². The molecule has 1 saturated carbocycles. The van der Waals surface area contributed by atoms with Gasteiger partial charge in [-0.1, -0.05) is 6.92 Å². The molecular weight excluding hydrogens is 220 g/mol. The molecule has 1 heterocycles. The molecule has 1 fully saturated rings.